The molecule has 20 heavy (non-hydrogen) atoms. The van der Waals surface area contributed by atoms with E-state index in [1.165, 1.54) is 12.1 Å². The highest BCUT2D eigenvalue weighted by Crippen LogP contribution is 2.16. The zero-order chi connectivity index (χ0) is 14.8. The van der Waals surface area contributed by atoms with Crippen molar-refractivity contribution in [2.75, 3.05) is 26.4 Å². The molecule has 1 saturated heterocycles. The molecular formula is C14H20N2O3S. The van der Waals surface area contributed by atoms with Crippen LogP contribution in [0, 0.1) is 0 Å². The lowest BCUT2D eigenvalue weighted by Crippen LogP contribution is -2.43. The lowest BCUT2D eigenvalue weighted by Gasteiger charge is -2.31. The molecule has 1 amide bonds. The van der Waals surface area contributed by atoms with Gasteiger partial charge in [-0.25, -0.2) is 8.42 Å². The van der Waals surface area contributed by atoms with E-state index in [4.69, 9.17) is 0 Å². The Morgan fingerprint density at radius 3 is 2.25 bits per heavy atom. The van der Waals surface area contributed by atoms with Crippen molar-refractivity contribution >= 4 is 15.7 Å². The smallest absolute Gasteiger partial charge is 0.253 e. The van der Waals surface area contributed by atoms with Crippen molar-refractivity contribution < 1.29 is 13.2 Å². The first-order valence-corrected chi connectivity index (χ1v) is 8.57. The zero-order valence-corrected chi connectivity index (χ0v) is 12.6. The number of carbonyl (C=O) groups excluding carboxylic acids is 1. The topological polar surface area (TPSA) is 66.5 Å². The minimum absolute atomic E-state index is 0.0584. The number of nitrogens with zero attached hydrogens (tertiary/aromatic N) is 1. The van der Waals surface area contributed by atoms with Gasteiger partial charge in [0.25, 0.3) is 5.91 Å². The molecule has 1 aromatic rings. The maximum atomic E-state index is 12.4. The van der Waals surface area contributed by atoms with Gasteiger partial charge in [0.2, 0.25) is 0 Å². The van der Waals surface area contributed by atoms with Crippen molar-refractivity contribution in [2.24, 2.45) is 0 Å². The van der Waals surface area contributed by atoms with E-state index in [9.17, 15) is 13.2 Å². The predicted molar refractivity (Wildman–Crippen MR) is 77.5 cm³/mol. The average molecular weight is 296 g/mol. The van der Waals surface area contributed by atoms with Crippen LogP contribution in [0.4, 0.5) is 0 Å². The number of piperidine rings is 1. The van der Waals surface area contributed by atoms with E-state index >= 15 is 0 Å². The first-order valence-electron chi connectivity index (χ1n) is 6.67. The molecule has 0 saturated carbocycles. The quantitative estimate of drug-likeness (QED) is 0.900. The van der Waals surface area contributed by atoms with Crippen LogP contribution in [-0.2, 0) is 9.84 Å². The minimum atomic E-state index is -3.22. The van der Waals surface area contributed by atoms with Crippen LogP contribution in [0.5, 0.6) is 0 Å². The van der Waals surface area contributed by atoms with E-state index in [1.807, 2.05) is 7.05 Å². The third kappa shape index (κ3) is 3.37. The molecule has 1 heterocycles. The fraction of sp³-hybridized carbons (Fsp3) is 0.500. The van der Waals surface area contributed by atoms with E-state index in [-0.39, 0.29) is 16.8 Å². The van der Waals surface area contributed by atoms with Crippen molar-refractivity contribution in [1.82, 2.24) is 10.2 Å². The van der Waals surface area contributed by atoms with Gasteiger partial charge in [-0.3, -0.25) is 4.79 Å². The molecule has 0 aliphatic carbocycles. The van der Waals surface area contributed by atoms with E-state index in [1.54, 1.807) is 17.0 Å². The monoisotopic (exact) mass is 296 g/mol. The number of hydrogen-bond acceptors (Lipinski definition) is 4. The van der Waals surface area contributed by atoms with Gasteiger partial charge in [0.05, 0.1) is 4.90 Å². The lowest BCUT2D eigenvalue weighted by molar-refractivity contribution is 0.0703. The van der Waals surface area contributed by atoms with E-state index in [0.29, 0.717) is 5.56 Å². The maximum absolute atomic E-state index is 12.4. The number of nitrogens with one attached hydrogen (secondary N) is 1. The highest BCUT2D eigenvalue weighted by atomic mass is 32.2. The van der Waals surface area contributed by atoms with Gasteiger partial charge in [-0.1, -0.05) is 0 Å². The number of sulfone groups is 1. The van der Waals surface area contributed by atoms with Gasteiger partial charge in [-0.15, -0.1) is 0 Å². The standard InChI is InChI=1S/C14H20N2O3S/c1-16(12-7-9-15-10-8-12)14(17)11-3-5-13(6-4-11)20(2,18)19/h3-6,12,15H,7-10H2,1-2H3. The summed E-state index contributed by atoms with van der Waals surface area (Å²) in [7, 11) is -1.41. The SMILES string of the molecule is CN(C(=O)c1ccc(S(C)(=O)=O)cc1)C1CCNCC1. The Morgan fingerprint density at radius 1 is 1.20 bits per heavy atom. The van der Waals surface area contributed by atoms with Gasteiger partial charge in [0.15, 0.2) is 9.84 Å². The fourth-order valence-electron chi connectivity index (χ4n) is 2.41. The first kappa shape index (κ1) is 15.0. The van der Waals surface area contributed by atoms with E-state index in [0.717, 1.165) is 32.2 Å². The summed E-state index contributed by atoms with van der Waals surface area (Å²) in [6.45, 7) is 1.85. The second-order valence-corrected chi connectivity index (χ2v) is 7.21. The second kappa shape index (κ2) is 5.93. The van der Waals surface area contributed by atoms with Crippen LogP contribution < -0.4 is 5.32 Å². The summed E-state index contributed by atoms with van der Waals surface area (Å²) >= 11 is 0. The summed E-state index contributed by atoms with van der Waals surface area (Å²) in [5, 5.41) is 3.27. The van der Waals surface area contributed by atoms with Crippen LogP contribution in [0.3, 0.4) is 0 Å². The number of carbonyl (C=O) groups is 1. The summed E-state index contributed by atoms with van der Waals surface area (Å²) in [6.07, 6.45) is 3.05. The molecule has 0 unspecified atom stereocenters. The Balaban J connectivity index is 2.12. The molecule has 1 fully saturated rings. The molecule has 1 aliphatic rings. The molecule has 1 N–H and O–H groups in total. The van der Waals surface area contributed by atoms with Crippen LogP contribution in [0.1, 0.15) is 23.2 Å². The molecule has 0 atom stereocenters. The molecular weight excluding hydrogens is 276 g/mol. The second-order valence-electron chi connectivity index (χ2n) is 5.19. The van der Waals surface area contributed by atoms with Gasteiger partial charge in [-0.05, 0) is 50.2 Å². The van der Waals surface area contributed by atoms with Crippen molar-refractivity contribution in [3.05, 3.63) is 29.8 Å². The van der Waals surface area contributed by atoms with Crippen molar-refractivity contribution in [3.63, 3.8) is 0 Å². The third-order valence-electron chi connectivity index (χ3n) is 3.71. The largest absolute Gasteiger partial charge is 0.339 e. The first-order chi connectivity index (χ1) is 9.39. The number of rotatable bonds is 3. The predicted octanol–water partition coefficient (Wildman–Crippen LogP) is 0.914. The molecule has 6 heteroatoms. The van der Waals surface area contributed by atoms with Crippen LogP contribution in [-0.4, -0.2) is 51.7 Å². The van der Waals surface area contributed by atoms with Gasteiger partial charge in [-0.2, -0.15) is 0 Å². The molecule has 1 aromatic carbocycles. The molecule has 0 radical (unpaired) electrons. The van der Waals surface area contributed by atoms with E-state index < -0.39 is 9.84 Å². The molecule has 5 nitrogen and oxygen atoms in total. The molecule has 2 rings (SSSR count). The summed E-state index contributed by atoms with van der Waals surface area (Å²) in [5.74, 6) is -0.0584. The molecule has 110 valence electrons. The van der Waals surface area contributed by atoms with Crippen LogP contribution in [0.15, 0.2) is 29.2 Å². The Labute approximate surface area is 119 Å². The van der Waals surface area contributed by atoms with Crippen molar-refractivity contribution in [2.45, 2.75) is 23.8 Å². The normalized spacial score (nSPS) is 16.9. The summed E-state index contributed by atoms with van der Waals surface area (Å²) < 4.78 is 22.8. The number of benzene rings is 1. The van der Waals surface area contributed by atoms with Gasteiger partial charge in [0, 0.05) is 24.9 Å². The molecule has 0 bridgehead atoms. The number of amides is 1. The molecule has 0 aromatic heterocycles. The Morgan fingerprint density at radius 2 is 1.75 bits per heavy atom. The Kier molecular flexibility index (Phi) is 4.45. The fourth-order valence-corrected chi connectivity index (χ4v) is 3.04. The summed E-state index contributed by atoms with van der Waals surface area (Å²) in [6, 6.07) is 6.38. The lowest BCUT2D eigenvalue weighted by atomic mass is 10.0. The Hall–Kier alpha value is -1.40. The van der Waals surface area contributed by atoms with Gasteiger partial charge < -0.3 is 10.2 Å². The van der Waals surface area contributed by atoms with Crippen LogP contribution in [0.2, 0.25) is 0 Å². The Bertz CT molecular complexity index is 575. The highest BCUT2D eigenvalue weighted by molar-refractivity contribution is 7.90. The van der Waals surface area contributed by atoms with Crippen LogP contribution >= 0.6 is 0 Å². The maximum Gasteiger partial charge on any atom is 0.253 e. The molecule has 1 aliphatic heterocycles. The van der Waals surface area contributed by atoms with Crippen LogP contribution in [0.25, 0.3) is 0 Å². The van der Waals surface area contributed by atoms with E-state index in [2.05, 4.69) is 5.32 Å². The third-order valence-corrected chi connectivity index (χ3v) is 4.83. The minimum Gasteiger partial charge on any atom is -0.339 e. The van der Waals surface area contributed by atoms with Crippen molar-refractivity contribution in [3.8, 4) is 0 Å². The summed E-state index contributed by atoms with van der Waals surface area (Å²) in [5.41, 5.74) is 0.526. The molecule has 0 spiro atoms. The van der Waals surface area contributed by atoms with Gasteiger partial charge >= 0.3 is 0 Å². The zero-order valence-electron chi connectivity index (χ0n) is 11.8. The van der Waals surface area contributed by atoms with Gasteiger partial charge in [0.1, 0.15) is 0 Å². The van der Waals surface area contributed by atoms with Crippen molar-refractivity contribution in [1.29, 1.82) is 0 Å². The average Bonchev–Trinajstić information content (AvgIpc) is 2.46. The summed E-state index contributed by atoms with van der Waals surface area (Å²) in [4.78, 5) is 14.4. The number of hydrogen-bond donors (Lipinski definition) is 1. The highest BCUT2D eigenvalue weighted by Gasteiger charge is 2.22.